The number of hydrogen-bond donors (Lipinski definition) is 3. The SMILES string of the molecule is Cc1ncc(/C=C2\C(=O)Nc3cccc(S(=O)(=O)N4CCCNCC4)c32)[nH]1. The van der Waals surface area contributed by atoms with Gasteiger partial charge in [0.05, 0.1) is 28.0 Å². The lowest BCUT2D eigenvalue weighted by atomic mass is 10.1. The lowest BCUT2D eigenvalue weighted by molar-refractivity contribution is -0.110. The number of sulfonamides is 1. The van der Waals surface area contributed by atoms with E-state index in [1.807, 2.05) is 6.92 Å². The van der Waals surface area contributed by atoms with E-state index < -0.39 is 10.0 Å². The van der Waals surface area contributed by atoms with Crippen molar-refractivity contribution >= 4 is 33.3 Å². The van der Waals surface area contributed by atoms with Crippen LogP contribution in [0.3, 0.4) is 0 Å². The molecule has 2 aliphatic heterocycles. The first-order valence-corrected chi connectivity index (χ1v) is 10.3. The molecule has 1 amide bonds. The third-order valence-electron chi connectivity index (χ3n) is 4.73. The predicted octanol–water partition coefficient (Wildman–Crippen LogP) is 1.19. The number of anilines is 1. The third kappa shape index (κ3) is 3.29. The van der Waals surface area contributed by atoms with E-state index in [2.05, 4.69) is 20.6 Å². The van der Waals surface area contributed by atoms with Crippen molar-refractivity contribution in [2.24, 2.45) is 0 Å². The molecule has 0 unspecified atom stereocenters. The molecule has 1 aromatic carbocycles. The number of benzene rings is 1. The number of fused-ring (bicyclic) bond motifs is 1. The molecule has 3 N–H and O–H groups in total. The molecule has 8 nitrogen and oxygen atoms in total. The van der Waals surface area contributed by atoms with Gasteiger partial charge in [0.2, 0.25) is 10.0 Å². The minimum Gasteiger partial charge on any atom is -0.343 e. The number of carbonyl (C=O) groups excluding carboxylic acids is 1. The second-order valence-electron chi connectivity index (χ2n) is 6.62. The van der Waals surface area contributed by atoms with Gasteiger partial charge in [-0.25, -0.2) is 13.4 Å². The summed E-state index contributed by atoms with van der Waals surface area (Å²) in [6.07, 6.45) is 4.01. The van der Waals surface area contributed by atoms with Crippen LogP contribution in [0.1, 0.15) is 23.5 Å². The van der Waals surface area contributed by atoms with E-state index in [-0.39, 0.29) is 10.8 Å². The van der Waals surface area contributed by atoms with Crippen LogP contribution in [0.25, 0.3) is 11.6 Å². The van der Waals surface area contributed by atoms with E-state index in [9.17, 15) is 13.2 Å². The fourth-order valence-corrected chi connectivity index (χ4v) is 5.15. The molecule has 0 aliphatic carbocycles. The number of carbonyl (C=O) groups is 1. The highest BCUT2D eigenvalue weighted by atomic mass is 32.2. The van der Waals surface area contributed by atoms with Crippen molar-refractivity contribution in [3.05, 3.63) is 41.5 Å². The second-order valence-corrected chi connectivity index (χ2v) is 8.53. The Kier molecular flexibility index (Phi) is 4.58. The van der Waals surface area contributed by atoms with E-state index >= 15 is 0 Å². The molecule has 27 heavy (non-hydrogen) atoms. The number of hydrogen-bond acceptors (Lipinski definition) is 5. The van der Waals surface area contributed by atoms with Gasteiger partial charge in [-0.15, -0.1) is 0 Å². The molecular weight excluding hydrogens is 366 g/mol. The zero-order chi connectivity index (χ0) is 19.0. The highest BCUT2D eigenvalue weighted by Gasteiger charge is 2.34. The van der Waals surface area contributed by atoms with Gasteiger partial charge in [-0.2, -0.15) is 4.31 Å². The fourth-order valence-electron chi connectivity index (χ4n) is 3.44. The Bertz CT molecular complexity index is 1020. The van der Waals surface area contributed by atoms with Crippen LogP contribution in [0.5, 0.6) is 0 Å². The summed E-state index contributed by atoms with van der Waals surface area (Å²) in [4.78, 5) is 19.9. The maximum atomic E-state index is 13.3. The number of aromatic nitrogens is 2. The molecule has 3 heterocycles. The van der Waals surface area contributed by atoms with Gasteiger partial charge in [-0.1, -0.05) is 6.07 Å². The summed E-state index contributed by atoms with van der Waals surface area (Å²) in [5.74, 6) is 0.399. The first-order valence-electron chi connectivity index (χ1n) is 8.86. The van der Waals surface area contributed by atoms with Crippen LogP contribution in [-0.4, -0.2) is 54.8 Å². The summed E-state index contributed by atoms with van der Waals surface area (Å²) >= 11 is 0. The van der Waals surface area contributed by atoms with Crippen LogP contribution >= 0.6 is 0 Å². The summed E-state index contributed by atoms with van der Waals surface area (Å²) in [6.45, 7) is 4.09. The van der Waals surface area contributed by atoms with Crippen LogP contribution in [0, 0.1) is 6.92 Å². The normalized spacial score (nSPS) is 19.7. The van der Waals surface area contributed by atoms with Gasteiger partial charge in [0, 0.05) is 25.2 Å². The Balaban J connectivity index is 1.82. The molecule has 2 aromatic rings. The molecule has 2 aliphatic rings. The Hall–Kier alpha value is -2.49. The highest BCUT2D eigenvalue weighted by molar-refractivity contribution is 7.89. The third-order valence-corrected chi connectivity index (χ3v) is 6.67. The molecule has 0 radical (unpaired) electrons. The van der Waals surface area contributed by atoms with Crippen molar-refractivity contribution in [3.63, 3.8) is 0 Å². The molecule has 0 atom stereocenters. The van der Waals surface area contributed by atoms with Crippen LogP contribution < -0.4 is 10.6 Å². The highest BCUT2D eigenvalue weighted by Crippen LogP contribution is 2.38. The summed E-state index contributed by atoms with van der Waals surface area (Å²) in [5, 5.41) is 5.97. The van der Waals surface area contributed by atoms with Crippen molar-refractivity contribution < 1.29 is 13.2 Å². The summed E-state index contributed by atoms with van der Waals surface area (Å²) < 4.78 is 28.1. The molecule has 1 fully saturated rings. The largest absolute Gasteiger partial charge is 0.343 e. The van der Waals surface area contributed by atoms with Crippen molar-refractivity contribution in [2.75, 3.05) is 31.5 Å². The molecule has 0 bridgehead atoms. The number of H-pyrrole nitrogens is 1. The van der Waals surface area contributed by atoms with Crippen LogP contribution in [0.15, 0.2) is 29.3 Å². The number of nitrogens with zero attached hydrogens (tertiary/aromatic N) is 2. The molecule has 0 saturated carbocycles. The number of imidazole rings is 1. The van der Waals surface area contributed by atoms with Gasteiger partial charge in [-0.3, -0.25) is 4.79 Å². The Morgan fingerprint density at radius 2 is 2.07 bits per heavy atom. The standard InChI is InChI=1S/C18H21N5O3S/c1-12-20-11-13(21-12)10-14-17-15(22-18(14)24)4-2-5-16(17)27(25,26)23-8-3-6-19-7-9-23/h2,4-5,10-11,19H,3,6-9H2,1H3,(H,20,21)(H,22,24)/b14-10-. The number of aryl methyl sites for hydroxylation is 1. The molecule has 1 saturated heterocycles. The maximum Gasteiger partial charge on any atom is 0.256 e. The lowest BCUT2D eigenvalue weighted by Gasteiger charge is -2.21. The molecule has 0 spiro atoms. The Labute approximate surface area is 157 Å². The van der Waals surface area contributed by atoms with E-state index in [1.165, 1.54) is 4.31 Å². The second kappa shape index (κ2) is 6.91. The number of nitrogens with one attached hydrogen (secondary N) is 3. The van der Waals surface area contributed by atoms with Crippen molar-refractivity contribution in [1.29, 1.82) is 0 Å². The zero-order valence-corrected chi connectivity index (χ0v) is 15.8. The first kappa shape index (κ1) is 17.9. The van der Waals surface area contributed by atoms with E-state index in [0.29, 0.717) is 42.2 Å². The quantitative estimate of drug-likeness (QED) is 0.686. The van der Waals surface area contributed by atoms with Gasteiger partial charge in [0.15, 0.2) is 0 Å². The van der Waals surface area contributed by atoms with Gasteiger partial charge in [0.25, 0.3) is 5.91 Å². The Morgan fingerprint density at radius 1 is 1.22 bits per heavy atom. The van der Waals surface area contributed by atoms with E-state index in [0.717, 1.165) is 18.8 Å². The van der Waals surface area contributed by atoms with Gasteiger partial charge >= 0.3 is 0 Å². The van der Waals surface area contributed by atoms with Gasteiger partial charge < -0.3 is 15.6 Å². The average Bonchev–Trinajstić information content (AvgIpc) is 3.05. The van der Waals surface area contributed by atoms with Crippen molar-refractivity contribution in [3.8, 4) is 0 Å². The van der Waals surface area contributed by atoms with Crippen molar-refractivity contribution in [2.45, 2.75) is 18.2 Å². The number of rotatable bonds is 3. The molecule has 142 valence electrons. The van der Waals surface area contributed by atoms with Crippen LogP contribution in [0.2, 0.25) is 0 Å². The van der Waals surface area contributed by atoms with Gasteiger partial charge in [0.1, 0.15) is 5.82 Å². The maximum absolute atomic E-state index is 13.3. The molecular formula is C18H21N5O3S. The molecule has 4 rings (SSSR count). The lowest BCUT2D eigenvalue weighted by Crippen LogP contribution is -2.34. The summed E-state index contributed by atoms with van der Waals surface area (Å²) in [5.41, 5.74) is 1.90. The monoisotopic (exact) mass is 387 g/mol. The average molecular weight is 387 g/mol. The fraction of sp³-hybridized carbons (Fsp3) is 0.333. The number of aromatic amines is 1. The smallest absolute Gasteiger partial charge is 0.256 e. The van der Waals surface area contributed by atoms with E-state index in [1.54, 1.807) is 30.5 Å². The Morgan fingerprint density at radius 3 is 2.85 bits per heavy atom. The van der Waals surface area contributed by atoms with Crippen LogP contribution in [-0.2, 0) is 14.8 Å². The molecule has 1 aromatic heterocycles. The summed E-state index contributed by atoms with van der Waals surface area (Å²) in [6, 6.07) is 4.94. The van der Waals surface area contributed by atoms with Gasteiger partial charge in [-0.05, 0) is 38.1 Å². The summed E-state index contributed by atoms with van der Waals surface area (Å²) in [7, 11) is -3.72. The number of amides is 1. The minimum absolute atomic E-state index is 0.155. The van der Waals surface area contributed by atoms with Crippen LogP contribution in [0.4, 0.5) is 5.69 Å². The zero-order valence-electron chi connectivity index (χ0n) is 14.9. The predicted molar refractivity (Wildman–Crippen MR) is 103 cm³/mol. The molecule has 9 heteroatoms. The topological polar surface area (TPSA) is 107 Å². The van der Waals surface area contributed by atoms with E-state index in [4.69, 9.17) is 0 Å². The first-order chi connectivity index (χ1) is 13.0. The van der Waals surface area contributed by atoms with Crippen molar-refractivity contribution in [1.82, 2.24) is 19.6 Å². The minimum atomic E-state index is -3.72.